The van der Waals surface area contributed by atoms with E-state index in [2.05, 4.69) is 15.3 Å². The SMILES string of the molecule is CSC(C)Nc1ncc(N)c(=O)[nH]1. The van der Waals surface area contributed by atoms with Crippen molar-refractivity contribution in [3.05, 3.63) is 16.6 Å². The number of nitrogens with one attached hydrogen (secondary N) is 2. The number of hydrogen-bond acceptors (Lipinski definition) is 5. The van der Waals surface area contributed by atoms with Crippen molar-refractivity contribution >= 4 is 23.4 Å². The summed E-state index contributed by atoms with van der Waals surface area (Å²) in [6.07, 6.45) is 3.31. The molecule has 13 heavy (non-hydrogen) atoms. The molecule has 0 aliphatic carbocycles. The Hall–Kier alpha value is -1.17. The highest BCUT2D eigenvalue weighted by Crippen LogP contribution is 2.07. The molecule has 4 N–H and O–H groups in total. The first-order valence-electron chi connectivity index (χ1n) is 3.77. The van der Waals surface area contributed by atoms with Gasteiger partial charge in [-0.15, -0.1) is 11.8 Å². The molecular weight excluding hydrogens is 188 g/mol. The number of nitrogen functional groups attached to an aromatic ring is 1. The van der Waals surface area contributed by atoms with Gasteiger partial charge in [0, 0.05) is 0 Å². The maximum atomic E-state index is 11.0. The number of aromatic nitrogens is 2. The second-order valence-corrected chi connectivity index (χ2v) is 3.72. The number of nitrogens with zero attached hydrogens (tertiary/aromatic N) is 1. The number of rotatable bonds is 3. The zero-order valence-electron chi connectivity index (χ0n) is 7.50. The van der Waals surface area contributed by atoms with Crippen LogP contribution in [0.2, 0.25) is 0 Å². The highest BCUT2D eigenvalue weighted by atomic mass is 32.2. The molecule has 0 bridgehead atoms. The van der Waals surface area contributed by atoms with E-state index in [0.29, 0.717) is 5.95 Å². The van der Waals surface area contributed by atoms with E-state index in [-0.39, 0.29) is 16.6 Å². The summed E-state index contributed by atoms with van der Waals surface area (Å²) in [7, 11) is 0. The summed E-state index contributed by atoms with van der Waals surface area (Å²) in [5.41, 5.74) is 5.13. The lowest BCUT2D eigenvalue weighted by molar-refractivity contribution is 1.03. The van der Waals surface area contributed by atoms with Crippen LogP contribution in [0.5, 0.6) is 0 Å². The Labute approximate surface area is 80.1 Å². The minimum absolute atomic E-state index is 0.127. The Morgan fingerprint density at radius 3 is 3.00 bits per heavy atom. The quantitative estimate of drug-likeness (QED) is 0.618. The monoisotopic (exact) mass is 200 g/mol. The number of anilines is 2. The molecule has 0 saturated heterocycles. The van der Waals surface area contributed by atoms with Crippen LogP contribution in [0.15, 0.2) is 11.0 Å². The first-order chi connectivity index (χ1) is 6.13. The van der Waals surface area contributed by atoms with Crippen molar-refractivity contribution in [2.45, 2.75) is 12.3 Å². The van der Waals surface area contributed by atoms with Gasteiger partial charge in [0.1, 0.15) is 5.69 Å². The average Bonchev–Trinajstić information content (AvgIpc) is 2.11. The number of nitrogens with two attached hydrogens (primary N) is 1. The fourth-order valence-electron chi connectivity index (χ4n) is 0.730. The van der Waals surface area contributed by atoms with E-state index in [1.54, 1.807) is 11.8 Å². The maximum Gasteiger partial charge on any atom is 0.275 e. The third-order valence-corrected chi connectivity index (χ3v) is 2.35. The molecule has 0 fully saturated rings. The van der Waals surface area contributed by atoms with Gasteiger partial charge in [0.05, 0.1) is 11.6 Å². The van der Waals surface area contributed by atoms with Gasteiger partial charge in [0.25, 0.3) is 5.56 Å². The summed E-state index contributed by atoms with van der Waals surface area (Å²) in [6, 6.07) is 0. The lowest BCUT2D eigenvalue weighted by atomic mass is 10.5. The van der Waals surface area contributed by atoms with Crippen LogP contribution in [-0.4, -0.2) is 21.6 Å². The van der Waals surface area contributed by atoms with Gasteiger partial charge in [-0.2, -0.15) is 0 Å². The molecule has 0 radical (unpaired) electrons. The Balaban J connectivity index is 2.80. The van der Waals surface area contributed by atoms with E-state index in [0.717, 1.165) is 0 Å². The molecule has 0 aromatic carbocycles. The minimum atomic E-state index is -0.314. The second-order valence-electron chi connectivity index (χ2n) is 2.54. The largest absolute Gasteiger partial charge is 0.393 e. The van der Waals surface area contributed by atoms with E-state index >= 15 is 0 Å². The summed E-state index contributed by atoms with van der Waals surface area (Å²) in [5, 5.41) is 3.20. The summed E-state index contributed by atoms with van der Waals surface area (Å²) >= 11 is 1.63. The molecule has 72 valence electrons. The van der Waals surface area contributed by atoms with Gasteiger partial charge < -0.3 is 11.1 Å². The zero-order valence-corrected chi connectivity index (χ0v) is 8.31. The van der Waals surface area contributed by atoms with Crippen LogP contribution in [0.25, 0.3) is 0 Å². The Morgan fingerprint density at radius 1 is 1.77 bits per heavy atom. The molecule has 0 aliphatic heterocycles. The molecule has 0 saturated carbocycles. The molecule has 1 unspecified atom stereocenters. The normalized spacial score (nSPS) is 12.5. The van der Waals surface area contributed by atoms with Crippen LogP contribution in [0.4, 0.5) is 11.6 Å². The summed E-state index contributed by atoms with van der Waals surface area (Å²) < 4.78 is 0. The van der Waals surface area contributed by atoms with Gasteiger partial charge in [0.15, 0.2) is 0 Å². The van der Waals surface area contributed by atoms with E-state index in [4.69, 9.17) is 5.73 Å². The van der Waals surface area contributed by atoms with Gasteiger partial charge in [-0.1, -0.05) is 0 Å². The van der Waals surface area contributed by atoms with Crippen molar-refractivity contribution in [2.24, 2.45) is 0 Å². The second kappa shape index (κ2) is 4.18. The van der Waals surface area contributed by atoms with Crippen LogP contribution < -0.4 is 16.6 Å². The van der Waals surface area contributed by atoms with Crippen LogP contribution in [0.3, 0.4) is 0 Å². The fraction of sp³-hybridized carbons (Fsp3) is 0.429. The third kappa shape index (κ3) is 2.66. The number of thioether (sulfide) groups is 1. The van der Waals surface area contributed by atoms with Crippen LogP contribution in [-0.2, 0) is 0 Å². The van der Waals surface area contributed by atoms with E-state index in [1.165, 1.54) is 6.20 Å². The van der Waals surface area contributed by atoms with Gasteiger partial charge in [-0.25, -0.2) is 4.98 Å². The number of aromatic amines is 1. The lowest BCUT2D eigenvalue weighted by Crippen LogP contribution is -2.19. The molecule has 6 heteroatoms. The summed E-state index contributed by atoms with van der Waals surface area (Å²) in [4.78, 5) is 17.5. The van der Waals surface area contributed by atoms with Crippen molar-refractivity contribution in [1.29, 1.82) is 0 Å². The van der Waals surface area contributed by atoms with Crippen molar-refractivity contribution in [2.75, 3.05) is 17.3 Å². The highest BCUT2D eigenvalue weighted by molar-refractivity contribution is 7.99. The first-order valence-corrected chi connectivity index (χ1v) is 5.06. The number of hydrogen-bond donors (Lipinski definition) is 3. The van der Waals surface area contributed by atoms with E-state index < -0.39 is 0 Å². The Morgan fingerprint density at radius 2 is 2.46 bits per heavy atom. The first kappa shape index (κ1) is 9.91. The molecule has 5 nitrogen and oxygen atoms in total. The molecule has 1 rings (SSSR count). The van der Waals surface area contributed by atoms with Gasteiger partial charge in [-0.3, -0.25) is 9.78 Å². The van der Waals surface area contributed by atoms with E-state index in [9.17, 15) is 4.79 Å². The molecule has 0 amide bonds. The van der Waals surface area contributed by atoms with Crippen molar-refractivity contribution < 1.29 is 0 Å². The Bertz CT molecular complexity index is 338. The van der Waals surface area contributed by atoms with Crippen molar-refractivity contribution in [3.63, 3.8) is 0 Å². The maximum absolute atomic E-state index is 11.0. The van der Waals surface area contributed by atoms with Crippen LogP contribution in [0, 0.1) is 0 Å². The molecule has 1 aromatic rings. The smallest absolute Gasteiger partial charge is 0.275 e. The molecular formula is C7H12N4OS. The van der Waals surface area contributed by atoms with Crippen LogP contribution >= 0.6 is 11.8 Å². The topological polar surface area (TPSA) is 83.8 Å². The van der Waals surface area contributed by atoms with Crippen molar-refractivity contribution in [3.8, 4) is 0 Å². The van der Waals surface area contributed by atoms with Gasteiger partial charge in [0.2, 0.25) is 5.95 Å². The summed E-state index contributed by atoms with van der Waals surface area (Å²) in [5.74, 6) is 0.445. The highest BCUT2D eigenvalue weighted by Gasteiger charge is 2.01. The third-order valence-electron chi connectivity index (χ3n) is 1.52. The molecule has 1 heterocycles. The Kier molecular flexibility index (Phi) is 3.18. The molecule has 0 spiro atoms. The summed E-state index contributed by atoms with van der Waals surface area (Å²) in [6.45, 7) is 1.97. The van der Waals surface area contributed by atoms with Crippen LogP contribution in [0.1, 0.15) is 6.92 Å². The predicted octanol–water partition coefficient (Wildman–Crippen LogP) is 0.473. The molecule has 0 aliphatic rings. The van der Waals surface area contributed by atoms with Gasteiger partial charge in [-0.05, 0) is 13.2 Å². The number of H-pyrrole nitrogens is 1. The molecule has 1 aromatic heterocycles. The average molecular weight is 200 g/mol. The molecule has 1 atom stereocenters. The predicted molar refractivity (Wildman–Crippen MR) is 55.9 cm³/mol. The fourth-order valence-corrected chi connectivity index (χ4v) is 0.959. The van der Waals surface area contributed by atoms with Gasteiger partial charge >= 0.3 is 0 Å². The van der Waals surface area contributed by atoms with E-state index in [1.807, 2.05) is 13.2 Å². The zero-order chi connectivity index (χ0) is 9.84. The lowest BCUT2D eigenvalue weighted by Gasteiger charge is -2.10. The minimum Gasteiger partial charge on any atom is -0.393 e. The standard InChI is InChI=1S/C7H12N4OS/c1-4(13-2)10-7-9-3-5(8)6(12)11-7/h3-4H,8H2,1-2H3,(H2,9,10,11,12). The van der Waals surface area contributed by atoms with Crippen molar-refractivity contribution in [1.82, 2.24) is 9.97 Å².